The molecule has 1 atom stereocenters. The summed E-state index contributed by atoms with van der Waals surface area (Å²) < 4.78 is 1.92. The summed E-state index contributed by atoms with van der Waals surface area (Å²) in [6.45, 7) is 2.90. The van der Waals surface area contributed by atoms with E-state index in [9.17, 15) is 0 Å². The van der Waals surface area contributed by atoms with Gasteiger partial charge in [0.05, 0.1) is 17.9 Å². The number of aromatic nitrogens is 4. The maximum atomic E-state index is 4.06. The molecule has 17 heavy (non-hydrogen) atoms. The number of nitrogens with zero attached hydrogens (tertiary/aromatic N) is 4. The molecule has 2 aromatic heterocycles. The number of hydrogen-bond acceptors (Lipinski definition) is 4. The highest BCUT2D eigenvalue weighted by molar-refractivity contribution is 5.15. The third-order valence-corrected chi connectivity index (χ3v) is 2.84. The van der Waals surface area contributed by atoms with Crippen LogP contribution in [0.2, 0.25) is 0 Å². The zero-order valence-corrected chi connectivity index (χ0v) is 10.2. The van der Waals surface area contributed by atoms with Gasteiger partial charge in [-0.2, -0.15) is 0 Å². The second-order valence-corrected chi connectivity index (χ2v) is 3.88. The Morgan fingerprint density at radius 3 is 2.76 bits per heavy atom. The van der Waals surface area contributed by atoms with Gasteiger partial charge >= 0.3 is 0 Å². The van der Waals surface area contributed by atoms with Gasteiger partial charge in [-0.15, -0.1) is 5.10 Å². The van der Waals surface area contributed by atoms with Gasteiger partial charge in [-0.25, -0.2) is 4.68 Å². The van der Waals surface area contributed by atoms with Gasteiger partial charge in [0.2, 0.25) is 0 Å². The minimum absolute atomic E-state index is 0.229. The van der Waals surface area contributed by atoms with Gasteiger partial charge in [-0.05, 0) is 38.1 Å². The summed E-state index contributed by atoms with van der Waals surface area (Å²) in [5, 5.41) is 11.3. The minimum Gasteiger partial charge on any atom is -0.311 e. The van der Waals surface area contributed by atoms with E-state index in [2.05, 4.69) is 27.5 Å². The fourth-order valence-electron chi connectivity index (χ4n) is 1.89. The third kappa shape index (κ3) is 2.68. The Morgan fingerprint density at radius 2 is 2.12 bits per heavy atom. The maximum absolute atomic E-state index is 4.06. The van der Waals surface area contributed by atoms with E-state index < -0.39 is 0 Å². The van der Waals surface area contributed by atoms with Crippen LogP contribution in [-0.2, 0) is 13.0 Å². The predicted octanol–water partition coefficient (Wildman–Crippen LogP) is 1.20. The van der Waals surface area contributed by atoms with Crippen LogP contribution in [0.3, 0.4) is 0 Å². The van der Waals surface area contributed by atoms with E-state index in [0.29, 0.717) is 0 Å². The van der Waals surface area contributed by atoms with Crippen molar-refractivity contribution < 1.29 is 0 Å². The quantitative estimate of drug-likeness (QED) is 0.840. The largest absolute Gasteiger partial charge is 0.311 e. The van der Waals surface area contributed by atoms with Crippen molar-refractivity contribution in [3.05, 3.63) is 42.0 Å². The summed E-state index contributed by atoms with van der Waals surface area (Å²) in [6.07, 6.45) is 6.37. The molecule has 0 saturated heterocycles. The summed E-state index contributed by atoms with van der Waals surface area (Å²) >= 11 is 0. The van der Waals surface area contributed by atoms with Crippen molar-refractivity contribution in [3.63, 3.8) is 0 Å². The fraction of sp³-hybridized carbons (Fsp3) is 0.417. The Labute approximate surface area is 101 Å². The van der Waals surface area contributed by atoms with E-state index in [4.69, 9.17) is 0 Å². The van der Waals surface area contributed by atoms with Crippen molar-refractivity contribution in [2.24, 2.45) is 0 Å². The third-order valence-electron chi connectivity index (χ3n) is 2.84. The molecular formula is C12H17N5. The van der Waals surface area contributed by atoms with Crippen LogP contribution in [0.5, 0.6) is 0 Å². The van der Waals surface area contributed by atoms with Crippen molar-refractivity contribution in [1.82, 2.24) is 25.3 Å². The van der Waals surface area contributed by atoms with E-state index in [1.807, 2.05) is 42.5 Å². The average Bonchev–Trinajstić information content (AvgIpc) is 2.85. The van der Waals surface area contributed by atoms with Crippen LogP contribution in [0.25, 0.3) is 0 Å². The van der Waals surface area contributed by atoms with Crippen LogP contribution in [0.4, 0.5) is 0 Å². The molecule has 0 fully saturated rings. The van der Waals surface area contributed by atoms with Gasteiger partial charge < -0.3 is 5.32 Å². The van der Waals surface area contributed by atoms with E-state index in [1.165, 1.54) is 5.56 Å². The molecule has 2 heterocycles. The Morgan fingerprint density at radius 1 is 1.35 bits per heavy atom. The van der Waals surface area contributed by atoms with Gasteiger partial charge in [0.25, 0.3) is 0 Å². The van der Waals surface area contributed by atoms with Crippen molar-refractivity contribution in [3.8, 4) is 0 Å². The summed E-state index contributed by atoms with van der Waals surface area (Å²) in [6, 6.07) is 4.29. The first kappa shape index (κ1) is 11.7. The lowest BCUT2D eigenvalue weighted by atomic mass is 10.1. The van der Waals surface area contributed by atoms with Crippen LogP contribution >= 0.6 is 0 Å². The minimum atomic E-state index is 0.229. The zero-order valence-electron chi connectivity index (χ0n) is 10.2. The van der Waals surface area contributed by atoms with Crippen molar-refractivity contribution >= 4 is 0 Å². The van der Waals surface area contributed by atoms with E-state index in [-0.39, 0.29) is 6.04 Å². The molecule has 5 heteroatoms. The summed E-state index contributed by atoms with van der Waals surface area (Å²) in [5.41, 5.74) is 2.37. The van der Waals surface area contributed by atoms with Gasteiger partial charge in [0.15, 0.2) is 0 Å². The van der Waals surface area contributed by atoms with E-state index >= 15 is 0 Å². The number of nitrogens with one attached hydrogen (secondary N) is 1. The van der Waals surface area contributed by atoms with Crippen LogP contribution in [0.15, 0.2) is 30.7 Å². The molecule has 0 aliphatic carbocycles. The zero-order chi connectivity index (χ0) is 12.1. The molecule has 0 spiro atoms. The van der Waals surface area contributed by atoms with Crippen molar-refractivity contribution in [2.45, 2.75) is 25.9 Å². The second-order valence-electron chi connectivity index (χ2n) is 3.88. The second kappa shape index (κ2) is 5.54. The topological polar surface area (TPSA) is 55.6 Å². The molecule has 1 N–H and O–H groups in total. The first-order valence-electron chi connectivity index (χ1n) is 5.79. The highest BCUT2D eigenvalue weighted by Gasteiger charge is 2.15. The van der Waals surface area contributed by atoms with Crippen LogP contribution in [0, 0.1) is 0 Å². The highest BCUT2D eigenvalue weighted by Crippen LogP contribution is 2.16. The summed E-state index contributed by atoms with van der Waals surface area (Å²) in [7, 11) is 1.96. The standard InChI is InChI=1S/C12H17N5/c1-3-17-12(9-15-16-17)11(13-2)8-10-4-6-14-7-5-10/h4-7,9,11,13H,3,8H2,1-2H3. The van der Waals surface area contributed by atoms with Crippen molar-refractivity contribution in [2.75, 3.05) is 7.05 Å². The monoisotopic (exact) mass is 231 g/mol. The maximum Gasteiger partial charge on any atom is 0.0759 e. The lowest BCUT2D eigenvalue weighted by Crippen LogP contribution is -2.22. The van der Waals surface area contributed by atoms with E-state index in [1.54, 1.807) is 0 Å². The molecule has 1 unspecified atom stereocenters. The number of pyridine rings is 1. The molecule has 0 aliphatic heterocycles. The normalized spacial score (nSPS) is 12.6. The molecule has 0 bridgehead atoms. The van der Waals surface area contributed by atoms with Crippen LogP contribution in [0.1, 0.15) is 24.2 Å². The fourth-order valence-corrected chi connectivity index (χ4v) is 1.89. The molecule has 2 aromatic rings. The molecule has 0 amide bonds. The molecule has 0 saturated carbocycles. The molecule has 0 aliphatic rings. The first-order chi connectivity index (χ1) is 8.35. The predicted molar refractivity (Wildman–Crippen MR) is 65.4 cm³/mol. The smallest absolute Gasteiger partial charge is 0.0759 e. The Hall–Kier alpha value is -1.75. The number of aryl methyl sites for hydroxylation is 1. The average molecular weight is 231 g/mol. The Kier molecular flexibility index (Phi) is 3.82. The van der Waals surface area contributed by atoms with Gasteiger partial charge in [-0.3, -0.25) is 4.98 Å². The lowest BCUT2D eigenvalue weighted by molar-refractivity contribution is 0.508. The SMILES string of the molecule is CCn1nncc1C(Cc1ccncc1)NC. The number of rotatable bonds is 5. The van der Waals surface area contributed by atoms with Gasteiger partial charge in [-0.1, -0.05) is 5.21 Å². The van der Waals surface area contributed by atoms with Crippen LogP contribution in [-0.4, -0.2) is 27.0 Å². The van der Waals surface area contributed by atoms with E-state index in [0.717, 1.165) is 18.7 Å². The van der Waals surface area contributed by atoms with Gasteiger partial charge in [0.1, 0.15) is 0 Å². The Balaban J connectivity index is 2.17. The first-order valence-corrected chi connectivity index (χ1v) is 5.79. The Bertz CT molecular complexity index is 451. The molecule has 90 valence electrons. The molecule has 5 nitrogen and oxygen atoms in total. The number of hydrogen-bond donors (Lipinski definition) is 1. The highest BCUT2D eigenvalue weighted by atomic mass is 15.4. The van der Waals surface area contributed by atoms with Crippen molar-refractivity contribution in [1.29, 1.82) is 0 Å². The summed E-state index contributed by atoms with van der Waals surface area (Å²) in [5.74, 6) is 0. The number of likely N-dealkylation sites (N-methyl/N-ethyl adjacent to an activating group) is 1. The molecule has 0 aromatic carbocycles. The van der Waals surface area contributed by atoms with Gasteiger partial charge in [0, 0.05) is 18.9 Å². The van der Waals surface area contributed by atoms with Crippen LogP contribution < -0.4 is 5.32 Å². The summed E-state index contributed by atoms with van der Waals surface area (Å²) in [4.78, 5) is 4.02. The molecule has 2 rings (SSSR count). The lowest BCUT2D eigenvalue weighted by Gasteiger charge is -2.16. The molecule has 0 radical (unpaired) electrons. The molecular weight excluding hydrogens is 214 g/mol.